The predicted molar refractivity (Wildman–Crippen MR) is 88.5 cm³/mol. The highest BCUT2D eigenvalue weighted by Crippen LogP contribution is 2.32. The lowest BCUT2D eigenvalue weighted by Crippen LogP contribution is -2.44. The van der Waals surface area contributed by atoms with Gasteiger partial charge in [-0.15, -0.1) is 0 Å². The minimum Gasteiger partial charge on any atom is -0.359 e. The van der Waals surface area contributed by atoms with Crippen molar-refractivity contribution in [2.24, 2.45) is 0 Å². The molecule has 0 saturated carbocycles. The molecule has 2 rings (SSSR count). The Kier molecular flexibility index (Phi) is 5.05. The Balaban J connectivity index is 2.19. The lowest BCUT2D eigenvalue weighted by molar-refractivity contribution is -0.0498. The first-order chi connectivity index (χ1) is 9.40. The monoisotopic (exact) mass is 336 g/mol. The Bertz CT molecular complexity index is 467. The van der Waals surface area contributed by atoms with Crippen LogP contribution in [0.5, 0.6) is 0 Å². The van der Waals surface area contributed by atoms with Crippen LogP contribution < -0.4 is 0 Å². The van der Waals surface area contributed by atoms with Crippen molar-refractivity contribution in [2.45, 2.75) is 39.5 Å². The number of hydrogen-bond acceptors (Lipinski definition) is 2. The molecule has 0 bridgehead atoms. The number of benzene rings is 1. The van der Waals surface area contributed by atoms with E-state index in [1.54, 1.807) is 0 Å². The zero-order valence-corrected chi connectivity index (χ0v) is 14.3. The average molecular weight is 337 g/mol. The van der Waals surface area contributed by atoms with Crippen LogP contribution in [0.4, 0.5) is 0 Å². The van der Waals surface area contributed by atoms with Crippen molar-refractivity contribution in [1.82, 2.24) is 4.90 Å². The highest BCUT2D eigenvalue weighted by molar-refractivity contribution is 9.15. The summed E-state index contributed by atoms with van der Waals surface area (Å²) in [4.78, 5) is 2.41. The molecule has 0 amide bonds. The van der Waals surface area contributed by atoms with Gasteiger partial charge in [0.2, 0.25) is 0 Å². The lowest BCUT2D eigenvalue weighted by atomic mass is 10.1. The van der Waals surface area contributed by atoms with Gasteiger partial charge in [-0.3, -0.25) is 4.90 Å². The SMILES string of the molecule is C[C](C)CN1[C@@H](/C=C(\Br)c2ccccc2)COC1(C)C. The fraction of sp³-hybridized carbons (Fsp3) is 0.471. The van der Waals surface area contributed by atoms with Crippen molar-refractivity contribution in [3.8, 4) is 0 Å². The largest absolute Gasteiger partial charge is 0.359 e. The van der Waals surface area contributed by atoms with Crippen LogP contribution in [0.25, 0.3) is 4.48 Å². The van der Waals surface area contributed by atoms with Crippen LogP contribution in [0.1, 0.15) is 33.3 Å². The van der Waals surface area contributed by atoms with E-state index in [0.717, 1.165) is 17.6 Å². The summed E-state index contributed by atoms with van der Waals surface area (Å²) in [5.74, 6) is 1.40. The van der Waals surface area contributed by atoms with Crippen LogP contribution in [0.2, 0.25) is 0 Å². The van der Waals surface area contributed by atoms with E-state index < -0.39 is 0 Å². The van der Waals surface area contributed by atoms with E-state index >= 15 is 0 Å². The molecule has 0 aromatic heterocycles. The summed E-state index contributed by atoms with van der Waals surface area (Å²) in [6, 6.07) is 10.7. The molecule has 1 aromatic rings. The van der Waals surface area contributed by atoms with Crippen molar-refractivity contribution in [3.63, 3.8) is 0 Å². The molecule has 1 aliphatic rings. The van der Waals surface area contributed by atoms with E-state index in [0.29, 0.717) is 6.04 Å². The number of hydrogen-bond donors (Lipinski definition) is 0. The summed E-state index contributed by atoms with van der Waals surface area (Å²) >= 11 is 3.70. The summed E-state index contributed by atoms with van der Waals surface area (Å²) in [6.07, 6.45) is 2.26. The van der Waals surface area contributed by atoms with Gasteiger partial charge in [0.05, 0.1) is 12.6 Å². The van der Waals surface area contributed by atoms with Crippen LogP contribution in [-0.4, -0.2) is 29.8 Å². The van der Waals surface area contributed by atoms with Crippen LogP contribution in [0.3, 0.4) is 0 Å². The quantitative estimate of drug-likeness (QED) is 0.804. The lowest BCUT2D eigenvalue weighted by Gasteiger charge is -2.34. The third-order valence-corrected chi connectivity index (χ3v) is 4.30. The minimum absolute atomic E-state index is 0.206. The fourth-order valence-corrected chi connectivity index (χ4v) is 3.08. The first-order valence-electron chi connectivity index (χ1n) is 7.02. The van der Waals surface area contributed by atoms with Gasteiger partial charge in [-0.2, -0.15) is 0 Å². The Morgan fingerprint density at radius 2 is 2.00 bits per heavy atom. The Morgan fingerprint density at radius 3 is 2.60 bits per heavy atom. The van der Waals surface area contributed by atoms with Crippen LogP contribution in [0.15, 0.2) is 36.4 Å². The zero-order valence-electron chi connectivity index (χ0n) is 12.7. The molecule has 0 spiro atoms. The molecule has 1 aromatic carbocycles. The second-order valence-electron chi connectivity index (χ2n) is 6.04. The molecule has 2 nitrogen and oxygen atoms in total. The smallest absolute Gasteiger partial charge is 0.116 e. The summed E-state index contributed by atoms with van der Waals surface area (Å²) in [5.41, 5.74) is 0.997. The third kappa shape index (κ3) is 3.72. The first kappa shape index (κ1) is 15.7. The average Bonchev–Trinajstić information content (AvgIpc) is 2.67. The van der Waals surface area contributed by atoms with Crippen molar-refractivity contribution in [2.75, 3.05) is 13.2 Å². The third-order valence-electron chi connectivity index (χ3n) is 3.57. The zero-order chi connectivity index (χ0) is 14.8. The molecule has 1 aliphatic heterocycles. The maximum atomic E-state index is 5.95. The van der Waals surface area contributed by atoms with Crippen LogP contribution in [0, 0.1) is 5.92 Å². The van der Waals surface area contributed by atoms with Gasteiger partial charge >= 0.3 is 0 Å². The molecule has 20 heavy (non-hydrogen) atoms. The van der Waals surface area contributed by atoms with Crippen LogP contribution >= 0.6 is 15.9 Å². The second-order valence-corrected chi connectivity index (χ2v) is 6.90. The summed E-state index contributed by atoms with van der Waals surface area (Å²) < 4.78 is 7.08. The van der Waals surface area contributed by atoms with Gasteiger partial charge in [0, 0.05) is 11.0 Å². The Morgan fingerprint density at radius 1 is 1.35 bits per heavy atom. The molecular weight excluding hydrogens is 314 g/mol. The molecule has 109 valence electrons. The summed E-state index contributed by atoms with van der Waals surface area (Å²) in [6.45, 7) is 10.3. The molecule has 1 fully saturated rings. The van der Waals surface area contributed by atoms with Gasteiger partial charge < -0.3 is 4.74 Å². The maximum absolute atomic E-state index is 5.95. The van der Waals surface area contributed by atoms with E-state index in [1.807, 2.05) is 6.07 Å². The van der Waals surface area contributed by atoms with Gasteiger partial charge in [0.1, 0.15) is 5.72 Å². The fourth-order valence-electron chi connectivity index (χ4n) is 2.51. The van der Waals surface area contributed by atoms with Gasteiger partial charge in [-0.25, -0.2) is 0 Å². The maximum Gasteiger partial charge on any atom is 0.116 e. The molecule has 3 heteroatoms. The molecule has 0 unspecified atom stereocenters. The van der Waals surface area contributed by atoms with Gasteiger partial charge in [0.25, 0.3) is 0 Å². The Labute approximate surface area is 130 Å². The predicted octanol–water partition coefficient (Wildman–Crippen LogP) is 4.47. The number of ether oxygens (including phenoxy) is 1. The standard InChI is InChI=1S/C17H23BrNO/c1-13(2)11-19-15(12-20-17(19,3)4)10-16(18)14-8-6-5-7-9-14/h5-10,15H,11-12H2,1-4H3/b16-10-/t15-/m0/s1. The minimum atomic E-state index is -0.206. The summed E-state index contributed by atoms with van der Waals surface area (Å²) in [7, 11) is 0. The van der Waals surface area contributed by atoms with E-state index in [-0.39, 0.29) is 5.72 Å². The molecule has 1 radical (unpaired) electrons. The number of nitrogens with zero attached hydrogens (tertiary/aromatic N) is 1. The number of rotatable bonds is 4. The van der Waals surface area contributed by atoms with Crippen LogP contribution in [-0.2, 0) is 4.74 Å². The van der Waals surface area contributed by atoms with E-state index in [1.165, 1.54) is 11.5 Å². The van der Waals surface area contributed by atoms with Gasteiger partial charge in [-0.05, 0) is 25.3 Å². The van der Waals surface area contributed by atoms with Crippen molar-refractivity contribution < 1.29 is 4.74 Å². The van der Waals surface area contributed by atoms with Gasteiger partial charge in [0.15, 0.2) is 0 Å². The molecule has 0 aliphatic carbocycles. The van der Waals surface area contributed by atoms with E-state index in [2.05, 4.69) is 78.9 Å². The number of halogens is 1. The molecule has 1 atom stereocenters. The highest BCUT2D eigenvalue weighted by atomic mass is 79.9. The topological polar surface area (TPSA) is 12.5 Å². The highest BCUT2D eigenvalue weighted by Gasteiger charge is 2.39. The second kappa shape index (κ2) is 6.42. The normalized spacial score (nSPS) is 23.5. The van der Waals surface area contributed by atoms with Crippen molar-refractivity contribution in [1.29, 1.82) is 0 Å². The van der Waals surface area contributed by atoms with Gasteiger partial charge in [-0.1, -0.05) is 66.2 Å². The molecular formula is C17H23BrNO. The van der Waals surface area contributed by atoms with E-state index in [9.17, 15) is 0 Å². The Hall–Kier alpha value is -0.640. The molecule has 1 saturated heterocycles. The summed E-state index contributed by atoms with van der Waals surface area (Å²) in [5, 5.41) is 0. The van der Waals surface area contributed by atoms with Crippen molar-refractivity contribution >= 4 is 20.4 Å². The molecule has 1 heterocycles. The molecule has 0 N–H and O–H groups in total. The first-order valence-corrected chi connectivity index (χ1v) is 7.82. The van der Waals surface area contributed by atoms with Crippen molar-refractivity contribution in [3.05, 3.63) is 47.9 Å². The van der Waals surface area contributed by atoms with E-state index in [4.69, 9.17) is 4.74 Å².